The summed E-state index contributed by atoms with van der Waals surface area (Å²) in [6.45, 7) is 1.17. The summed E-state index contributed by atoms with van der Waals surface area (Å²) in [6.07, 6.45) is 2.33. The first kappa shape index (κ1) is 16.5. The van der Waals surface area contributed by atoms with Gasteiger partial charge in [0.15, 0.2) is 5.11 Å². The number of benzene rings is 1. The molecule has 0 aliphatic rings. The highest BCUT2D eigenvalue weighted by atomic mass is 32.2. The van der Waals surface area contributed by atoms with E-state index in [0.29, 0.717) is 24.6 Å². The second kappa shape index (κ2) is 7.39. The van der Waals surface area contributed by atoms with E-state index in [2.05, 4.69) is 10.6 Å². The second-order valence-electron chi connectivity index (χ2n) is 4.63. The molecular weight excluding hydrogens is 322 g/mol. The van der Waals surface area contributed by atoms with Crippen molar-refractivity contribution in [3.05, 3.63) is 54.0 Å². The summed E-state index contributed by atoms with van der Waals surface area (Å²) in [4.78, 5) is 0.111. The van der Waals surface area contributed by atoms with Gasteiger partial charge in [-0.1, -0.05) is 12.1 Å². The van der Waals surface area contributed by atoms with Gasteiger partial charge >= 0.3 is 0 Å². The number of hydrogen-bond donors (Lipinski definition) is 3. The van der Waals surface area contributed by atoms with Gasteiger partial charge in [0.2, 0.25) is 10.0 Å². The van der Waals surface area contributed by atoms with Crippen molar-refractivity contribution in [2.24, 2.45) is 5.14 Å². The predicted octanol–water partition coefficient (Wildman–Crippen LogP) is 1.13. The molecule has 0 saturated heterocycles. The van der Waals surface area contributed by atoms with Crippen LogP contribution in [-0.2, 0) is 23.0 Å². The largest absolute Gasteiger partial charge is 0.467 e. The molecule has 0 radical (unpaired) electrons. The molecule has 0 amide bonds. The molecule has 0 unspecified atom stereocenters. The molecule has 0 spiro atoms. The Labute approximate surface area is 134 Å². The van der Waals surface area contributed by atoms with Crippen molar-refractivity contribution in [2.75, 3.05) is 6.54 Å². The number of rotatable bonds is 6. The second-order valence-corrected chi connectivity index (χ2v) is 6.60. The van der Waals surface area contributed by atoms with E-state index in [-0.39, 0.29) is 4.90 Å². The van der Waals surface area contributed by atoms with Crippen LogP contribution in [0, 0.1) is 0 Å². The maximum atomic E-state index is 11.1. The van der Waals surface area contributed by atoms with Crippen LogP contribution >= 0.6 is 12.2 Å². The van der Waals surface area contributed by atoms with E-state index < -0.39 is 10.0 Å². The third-order valence-corrected chi connectivity index (χ3v) is 4.17. The molecule has 8 heteroatoms. The van der Waals surface area contributed by atoms with Gasteiger partial charge in [0, 0.05) is 6.54 Å². The van der Waals surface area contributed by atoms with Gasteiger partial charge in [-0.2, -0.15) is 0 Å². The molecule has 2 aromatic rings. The molecule has 0 saturated carbocycles. The number of hydrogen-bond acceptors (Lipinski definition) is 4. The van der Waals surface area contributed by atoms with Crippen LogP contribution < -0.4 is 15.8 Å². The van der Waals surface area contributed by atoms with Crippen LogP contribution in [0.1, 0.15) is 11.3 Å². The van der Waals surface area contributed by atoms with E-state index in [1.54, 1.807) is 18.4 Å². The first-order valence-corrected chi connectivity index (χ1v) is 8.56. The van der Waals surface area contributed by atoms with Crippen LogP contribution in [0.3, 0.4) is 0 Å². The van der Waals surface area contributed by atoms with Crippen LogP contribution in [0.4, 0.5) is 0 Å². The first-order valence-electron chi connectivity index (χ1n) is 6.61. The van der Waals surface area contributed by atoms with Crippen molar-refractivity contribution in [2.45, 2.75) is 17.9 Å². The van der Waals surface area contributed by atoms with Crippen molar-refractivity contribution in [1.29, 1.82) is 0 Å². The minimum Gasteiger partial charge on any atom is -0.467 e. The Balaban J connectivity index is 1.73. The lowest BCUT2D eigenvalue weighted by molar-refractivity contribution is 0.502. The molecule has 1 aromatic heterocycles. The van der Waals surface area contributed by atoms with Gasteiger partial charge in [-0.3, -0.25) is 0 Å². The minimum atomic E-state index is -3.64. The molecule has 22 heavy (non-hydrogen) atoms. The molecule has 0 fully saturated rings. The molecule has 1 aromatic carbocycles. The van der Waals surface area contributed by atoms with Crippen LogP contribution in [-0.4, -0.2) is 20.1 Å². The number of primary sulfonamides is 1. The number of nitrogens with two attached hydrogens (primary N) is 1. The Morgan fingerprint density at radius 2 is 1.91 bits per heavy atom. The summed E-state index contributed by atoms with van der Waals surface area (Å²) in [5.74, 6) is 0.808. The van der Waals surface area contributed by atoms with Crippen molar-refractivity contribution in [3.8, 4) is 0 Å². The lowest BCUT2D eigenvalue weighted by Crippen LogP contribution is -2.35. The molecule has 0 atom stereocenters. The average Bonchev–Trinajstić information content (AvgIpc) is 2.98. The quantitative estimate of drug-likeness (QED) is 0.683. The normalized spacial score (nSPS) is 11.1. The van der Waals surface area contributed by atoms with Crippen LogP contribution in [0.5, 0.6) is 0 Å². The molecule has 1 heterocycles. The molecule has 0 aliphatic carbocycles. The van der Waals surface area contributed by atoms with Gasteiger partial charge in [-0.25, -0.2) is 13.6 Å². The van der Waals surface area contributed by atoms with Gasteiger partial charge in [-0.05, 0) is 48.5 Å². The molecule has 4 N–H and O–H groups in total. The summed E-state index contributed by atoms with van der Waals surface area (Å²) in [7, 11) is -3.64. The minimum absolute atomic E-state index is 0.111. The lowest BCUT2D eigenvalue weighted by Gasteiger charge is -2.09. The van der Waals surface area contributed by atoms with E-state index in [0.717, 1.165) is 11.3 Å². The first-order chi connectivity index (χ1) is 10.4. The van der Waals surface area contributed by atoms with Crippen molar-refractivity contribution in [1.82, 2.24) is 10.6 Å². The van der Waals surface area contributed by atoms with Gasteiger partial charge < -0.3 is 15.1 Å². The monoisotopic (exact) mass is 339 g/mol. The van der Waals surface area contributed by atoms with E-state index in [4.69, 9.17) is 21.8 Å². The highest BCUT2D eigenvalue weighted by molar-refractivity contribution is 7.89. The van der Waals surface area contributed by atoms with Crippen molar-refractivity contribution < 1.29 is 12.8 Å². The number of sulfonamides is 1. The Bertz CT molecular complexity index is 710. The summed E-state index contributed by atoms with van der Waals surface area (Å²) in [5, 5.41) is 11.7. The highest BCUT2D eigenvalue weighted by Crippen LogP contribution is 2.08. The zero-order chi connectivity index (χ0) is 16.0. The fourth-order valence-electron chi connectivity index (χ4n) is 1.81. The topological polar surface area (TPSA) is 97.4 Å². The standard InChI is InChI=1S/C14H17N3O3S2/c15-22(18,19)13-5-3-11(4-6-13)7-8-16-14(21)17-10-12-2-1-9-20-12/h1-6,9H,7-8,10H2,(H2,15,18,19)(H2,16,17,21). The summed E-state index contributed by atoms with van der Waals surface area (Å²) in [5.41, 5.74) is 0.994. The molecule has 0 aliphatic heterocycles. The van der Waals surface area contributed by atoms with Crippen molar-refractivity contribution in [3.63, 3.8) is 0 Å². The van der Waals surface area contributed by atoms with Crippen LogP contribution in [0.15, 0.2) is 52.0 Å². The van der Waals surface area contributed by atoms with Crippen LogP contribution in [0.2, 0.25) is 0 Å². The van der Waals surface area contributed by atoms with Gasteiger partial charge in [-0.15, -0.1) is 0 Å². The molecule has 118 valence electrons. The Morgan fingerprint density at radius 3 is 2.50 bits per heavy atom. The third-order valence-electron chi connectivity index (χ3n) is 2.95. The molecule has 6 nitrogen and oxygen atoms in total. The number of thiocarbonyl (C=S) groups is 1. The van der Waals surface area contributed by atoms with E-state index in [1.165, 1.54) is 12.1 Å². The maximum Gasteiger partial charge on any atom is 0.238 e. The average molecular weight is 339 g/mol. The number of nitrogens with one attached hydrogen (secondary N) is 2. The summed E-state index contributed by atoms with van der Waals surface area (Å²) in [6, 6.07) is 10.2. The molecule has 2 rings (SSSR count). The molecule has 0 bridgehead atoms. The van der Waals surface area contributed by atoms with E-state index >= 15 is 0 Å². The smallest absolute Gasteiger partial charge is 0.238 e. The Morgan fingerprint density at radius 1 is 1.18 bits per heavy atom. The SMILES string of the molecule is NS(=O)(=O)c1ccc(CCNC(=S)NCc2ccco2)cc1. The predicted molar refractivity (Wildman–Crippen MR) is 87.7 cm³/mol. The zero-order valence-corrected chi connectivity index (χ0v) is 13.4. The Kier molecular flexibility index (Phi) is 5.53. The van der Waals surface area contributed by atoms with Gasteiger partial charge in [0.05, 0.1) is 17.7 Å². The summed E-state index contributed by atoms with van der Waals surface area (Å²) >= 11 is 5.15. The third kappa shape index (κ3) is 5.14. The number of furan rings is 1. The van der Waals surface area contributed by atoms with E-state index in [9.17, 15) is 8.42 Å². The van der Waals surface area contributed by atoms with Crippen molar-refractivity contribution >= 4 is 27.4 Å². The Hall–Kier alpha value is -1.90. The fourth-order valence-corrected chi connectivity index (χ4v) is 2.50. The maximum absolute atomic E-state index is 11.1. The van der Waals surface area contributed by atoms with E-state index in [1.807, 2.05) is 12.1 Å². The molecular formula is C14H17N3O3S2. The highest BCUT2D eigenvalue weighted by Gasteiger charge is 2.06. The zero-order valence-electron chi connectivity index (χ0n) is 11.8. The fraction of sp³-hybridized carbons (Fsp3) is 0.214. The van der Waals surface area contributed by atoms with Gasteiger partial charge in [0.25, 0.3) is 0 Å². The van der Waals surface area contributed by atoms with Crippen LogP contribution in [0.25, 0.3) is 0 Å². The summed E-state index contributed by atoms with van der Waals surface area (Å²) < 4.78 is 27.5. The lowest BCUT2D eigenvalue weighted by atomic mass is 10.1. The van der Waals surface area contributed by atoms with Gasteiger partial charge in [0.1, 0.15) is 5.76 Å².